The Kier molecular flexibility index (Phi) is 4.71. The van der Waals surface area contributed by atoms with Crippen LogP contribution in [0, 0.1) is 11.8 Å². The van der Waals surface area contributed by atoms with E-state index in [0.29, 0.717) is 5.54 Å². The predicted molar refractivity (Wildman–Crippen MR) is 78.6 cm³/mol. The van der Waals surface area contributed by atoms with Crippen LogP contribution in [0.2, 0.25) is 0 Å². The van der Waals surface area contributed by atoms with Gasteiger partial charge >= 0.3 is 0 Å². The van der Waals surface area contributed by atoms with Gasteiger partial charge in [0.1, 0.15) is 0 Å². The maximum Gasteiger partial charge on any atom is 0.0331 e. The van der Waals surface area contributed by atoms with Crippen LogP contribution in [0.25, 0.3) is 0 Å². The van der Waals surface area contributed by atoms with Crippen molar-refractivity contribution in [2.24, 2.45) is 17.6 Å². The van der Waals surface area contributed by atoms with Gasteiger partial charge in [0.2, 0.25) is 0 Å². The van der Waals surface area contributed by atoms with Gasteiger partial charge in [0.05, 0.1) is 0 Å². The predicted octanol–water partition coefficient (Wildman–Crippen LogP) is 3.40. The maximum atomic E-state index is 6.18. The van der Waals surface area contributed by atoms with Crippen molar-refractivity contribution < 1.29 is 0 Å². The molecular formula is C16H32N2. The summed E-state index contributed by atoms with van der Waals surface area (Å²) in [5.74, 6) is 1.81. The molecule has 0 aromatic rings. The van der Waals surface area contributed by atoms with Gasteiger partial charge in [-0.1, -0.05) is 26.7 Å². The zero-order valence-corrected chi connectivity index (χ0v) is 12.6. The fraction of sp³-hybridized carbons (Fsp3) is 1.00. The largest absolute Gasteiger partial charge is 0.329 e. The van der Waals surface area contributed by atoms with Gasteiger partial charge in [0, 0.05) is 18.1 Å². The zero-order chi connectivity index (χ0) is 13.2. The van der Waals surface area contributed by atoms with Crippen LogP contribution in [-0.4, -0.2) is 30.1 Å². The summed E-state index contributed by atoms with van der Waals surface area (Å²) in [4.78, 5) is 2.69. The highest BCUT2D eigenvalue weighted by Crippen LogP contribution is 2.39. The van der Waals surface area contributed by atoms with E-state index in [1.54, 1.807) is 0 Å². The molecule has 2 atom stereocenters. The van der Waals surface area contributed by atoms with E-state index >= 15 is 0 Å². The van der Waals surface area contributed by atoms with Crippen LogP contribution >= 0.6 is 0 Å². The first kappa shape index (κ1) is 14.3. The van der Waals surface area contributed by atoms with Gasteiger partial charge in [-0.25, -0.2) is 0 Å². The lowest BCUT2D eigenvalue weighted by molar-refractivity contribution is 0.0121. The number of nitrogens with two attached hydrogens (primary N) is 1. The van der Waals surface area contributed by atoms with Crippen LogP contribution in [0.4, 0.5) is 0 Å². The van der Waals surface area contributed by atoms with Crippen molar-refractivity contribution in [2.45, 2.75) is 76.8 Å². The molecular weight excluding hydrogens is 220 g/mol. The molecule has 2 fully saturated rings. The molecule has 2 heteroatoms. The summed E-state index contributed by atoms with van der Waals surface area (Å²) in [6.07, 6.45) is 11.0. The van der Waals surface area contributed by atoms with E-state index in [1.165, 1.54) is 51.4 Å². The van der Waals surface area contributed by atoms with Gasteiger partial charge in [-0.3, -0.25) is 4.90 Å². The molecule has 0 saturated heterocycles. The van der Waals surface area contributed by atoms with Crippen LogP contribution in [-0.2, 0) is 0 Å². The van der Waals surface area contributed by atoms with Crippen molar-refractivity contribution in [1.29, 1.82) is 0 Å². The summed E-state index contributed by atoms with van der Waals surface area (Å²) >= 11 is 0. The molecule has 2 N–H and O–H groups in total. The molecule has 18 heavy (non-hydrogen) atoms. The van der Waals surface area contributed by atoms with E-state index in [2.05, 4.69) is 25.8 Å². The van der Waals surface area contributed by atoms with Crippen LogP contribution in [0.5, 0.6) is 0 Å². The van der Waals surface area contributed by atoms with Crippen LogP contribution in [0.15, 0.2) is 0 Å². The minimum atomic E-state index is 0.314. The molecule has 2 aliphatic carbocycles. The normalized spacial score (nSPS) is 42.2. The quantitative estimate of drug-likeness (QED) is 0.834. The summed E-state index contributed by atoms with van der Waals surface area (Å²) < 4.78 is 0. The lowest BCUT2D eigenvalue weighted by Crippen LogP contribution is -2.58. The van der Waals surface area contributed by atoms with Gasteiger partial charge in [-0.15, -0.1) is 0 Å². The fourth-order valence-corrected chi connectivity index (χ4v) is 4.14. The average molecular weight is 252 g/mol. The molecule has 0 aromatic heterocycles. The Balaban J connectivity index is 2.02. The zero-order valence-electron chi connectivity index (χ0n) is 12.6. The first-order chi connectivity index (χ1) is 8.57. The Morgan fingerprint density at radius 1 is 1.06 bits per heavy atom. The first-order valence-electron chi connectivity index (χ1n) is 8.00. The molecule has 0 aliphatic heterocycles. The summed E-state index contributed by atoms with van der Waals surface area (Å²) in [6, 6.07) is 0.783. The summed E-state index contributed by atoms with van der Waals surface area (Å²) in [5.41, 5.74) is 6.50. The second-order valence-electron chi connectivity index (χ2n) is 7.15. The monoisotopic (exact) mass is 252 g/mol. The molecule has 2 aliphatic rings. The molecule has 2 unspecified atom stereocenters. The van der Waals surface area contributed by atoms with Crippen LogP contribution in [0.3, 0.4) is 0 Å². The fourth-order valence-electron chi connectivity index (χ4n) is 4.14. The van der Waals surface area contributed by atoms with Gasteiger partial charge in [-0.2, -0.15) is 0 Å². The van der Waals surface area contributed by atoms with Crippen LogP contribution in [0.1, 0.15) is 65.2 Å². The third kappa shape index (κ3) is 2.91. The van der Waals surface area contributed by atoms with E-state index in [9.17, 15) is 0 Å². The SMILES string of the molecule is CC1CCC(CN)(N(C)C2CCCC(C)C2)CC1. The standard InChI is InChI=1S/C16H32N2/c1-13-7-9-16(12-17,10-8-13)18(3)15-6-4-5-14(2)11-15/h13-15H,4-12,17H2,1-3H3. The molecule has 0 spiro atoms. The van der Waals surface area contributed by atoms with E-state index in [4.69, 9.17) is 5.73 Å². The molecule has 0 heterocycles. The average Bonchev–Trinajstić information content (AvgIpc) is 2.39. The van der Waals surface area contributed by atoms with Gasteiger partial charge in [-0.05, 0) is 57.4 Å². The molecule has 2 rings (SSSR count). The van der Waals surface area contributed by atoms with Crippen molar-refractivity contribution in [3.63, 3.8) is 0 Å². The molecule has 0 aromatic carbocycles. The van der Waals surface area contributed by atoms with Gasteiger partial charge < -0.3 is 5.73 Å². The third-order valence-electron chi connectivity index (χ3n) is 5.79. The number of likely N-dealkylation sites (N-methyl/N-ethyl adjacent to an activating group) is 1. The first-order valence-corrected chi connectivity index (χ1v) is 8.00. The van der Waals surface area contributed by atoms with Crippen molar-refractivity contribution in [3.05, 3.63) is 0 Å². The Labute approximate surface area is 113 Å². The van der Waals surface area contributed by atoms with E-state index < -0.39 is 0 Å². The summed E-state index contributed by atoms with van der Waals surface area (Å²) in [7, 11) is 2.35. The Bertz CT molecular complexity index is 256. The molecule has 2 nitrogen and oxygen atoms in total. The smallest absolute Gasteiger partial charge is 0.0331 e. The number of hydrogen-bond donors (Lipinski definition) is 1. The molecule has 0 bridgehead atoms. The van der Waals surface area contributed by atoms with Crippen molar-refractivity contribution in [3.8, 4) is 0 Å². The Morgan fingerprint density at radius 3 is 2.28 bits per heavy atom. The lowest BCUT2D eigenvalue weighted by Gasteiger charge is -2.50. The summed E-state index contributed by atoms with van der Waals surface area (Å²) in [5, 5.41) is 0. The third-order valence-corrected chi connectivity index (χ3v) is 5.79. The summed E-state index contributed by atoms with van der Waals surface area (Å²) in [6.45, 7) is 5.66. The van der Waals surface area contributed by atoms with Crippen molar-refractivity contribution in [2.75, 3.05) is 13.6 Å². The number of nitrogens with zero attached hydrogens (tertiary/aromatic N) is 1. The second kappa shape index (κ2) is 5.92. The molecule has 2 saturated carbocycles. The van der Waals surface area contributed by atoms with E-state index in [-0.39, 0.29) is 0 Å². The highest BCUT2D eigenvalue weighted by atomic mass is 15.2. The van der Waals surface area contributed by atoms with Gasteiger partial charge in [0.15, 0.2) is 0 Å². The maximum absolute atomic E-state index is 6.18. The van der Waals surface area contributed by atoms with Crippen molar-refractivity contribution >= 4 is 0 Å². The molecule has 0 amide bonds. The molecule has 106 valence electrons. The topological polar surface area (TPSA) is 29.3 Å². The van der Waals surface area contributed by atoms with Gasteiger partial charge in [0.25, 0.3) is 0 Å². The highest BCUT2D eigenvalue weighted by Gasteiger charge is 2.40. The van der Waals surface area contributed by atoms with Crippen molar-refractivity contribution in [1.82, 2.24) is 4.90 Å². The molecule has 0 radical (unpaired) electrons. The Hall–Kier alpha value is -0.0800. The number of hydrogen-bond acceptors (Lipinski definition) is 2. The highest BCUT2D eigenvalue weighted by molar-refractivity contribution is 4.97. The second-order valence-corrected chi connectivity index (χ2v) is 7.15. The minimum Gasteiger partial charge on any atom is -0.329 e. The lowest BCUT2D eigenvalue weighted by atomic mass is 9.74. The number of rotatable bonds is 3. The minimum absolute atomic E-state index is 0.314. The van der Waals surface area contributed by atoms with E-state index in [1.807, 2.05) is 0 Å². The van der Waals surface area contributed by atoms with Crippen LogP contribution < -0.4 is 5.73 Å². The Morgan fingerprint density at radius 2 is 1.72 bits per heavy atom. The van der Waals surface area contributed by atoms with E-state index in [0.717, 1.165) is 24.4 Å².